The molecule has 0 saturated heterocycles. The van der Waals surface area contributed by atoms with Crippen LogP contribution in [0, 0.1) is 11.8 Å². The van der Waals surface area contributed by atoms with E-state index in [1.54, 1.807) is 27.7 Å². The molecule has 1 rings (SSSR count). The molecule has 0 bridgehead atoms. The SMILES string of the molecule is C=C(NC(=O)[C@H](CCCC1CCCCC1)CC(=O)OC(C)(C)C)C(=O)OCC. The van der Waals surface area contributed by atoms with Gasteiger partial charge in [0.05, 0.1) is 13.0 Å². The molecule has 0 aliphatic heterocycles. The van der Waals surface area contributed by atoms with E-state index in [0.717, 1.165) is 12.8 Å². The summed E-state index contributed by atoms with van der Waals surface area (Å²) in [4.78, 5) is 36.6. The second-order valence-electron chi connectivity index (χ2n) is 8.61. The number of rotatable bonds is 10. The van der Waals surface area contributed by atoms with Gasteiger partial charge in [-0.2, -0.15) is 0 Å². The Bertz CT molecular complexity index is 544. The zero-order valence-corrected chi connectivity index (χ0v) is 18.0. The van der Waals surface area contributed by atoms with E-state index in [-0.39, 0.29) is 24.6 Å². The Morgan fingerprint density at radius 3 is 2.36 bits per heavy atom. The van der Waals surface area contributed by atoms with Gasteiger partial charge in [-0.15, -0.1) is 0 Å². The lowest BCUT2D eigenvalue weighted by Gasteiger charge is -2.24. The molecule has 6 nitrogen and oxygen atoms in total. The molecular formula is C22H37NO5. The maximum absolute atomic E-state index is 12.7. The van der Waals surface area contributed by atoms with Gasteiger partial charge in [0.2, 0.25) is 5.91 Å². The molecule has 0 aromatic rings. The van der Waals surface area contributed by atoms with Gasteiger partial charge < -0.3 is 14.8 Å². The second-order valence-corrected chi connectivity index (χ2v) is 8.61. The minimum absolute atomic E-state index is 0.0100. The fourth-order valence-corrected chi connectivity index (χ4v) is 3.56. The van der Waals surface area contributed by atoms with Crippen molar-refractivity contribution in [1.29, 1.82) is 0 Å². The predicted octanol–water partition coefficient (Wildman–Crippen LogP) is 4.28. The molecule has 0 spiro atoms. The van der Waals surface area contributed by atoms with Crippen molar-refractivity contribution in [2.24, 2.45) is 11.8 Å². The zero-order valence-electron chi connectivity index (χ0n) is 18.0. The highest BCUT2D eigenvalue weighted by atomic mass is 16.6. The molecular weight excluding hydrogens is 358 g/mol. The van der Waals surface area contributed by atoms with Crippen LogP contribution in [0.3, 0.4) is 0 Å². The van der Waals surface area contributed by atoms with Crippen molar-refractivity contribution >= 4 is 17.8 Å². The molecule has 1 saturated carbocycles. The molecule has 1 aliphatic rings. The number of ether oxygens (including phenoxy) is 2. The van der Waals surface area contributed by atoms with E-state index in [0.29, 0.717) is 12.3 Å². The first kappa shape index (κ1) is 24.2. The number of esters is 2. The third kappa shape index (κ3) is 9.90. The molecule has 1 amide bonds. The standard InChI is InChI=1S/C22H37NO5/c1-6-27-21(26)16(2)23-20(25)18(15-19(24)28-22(3,4)5)14-10-13-17-11-8-7-9-12-17/h17-18H,2,6-15H2,1,3-5H3,(H,23,25)/t18-/m1/s1. The van der Waals surface area contributed by atoms with Crippen molar-refractivity contribution in [2.75, 3.05) is 6.61 Å². The fourth-order valence-electron chi connectivity index (χ4n) is 3.56. The lowest BCUT2D eigenvalue weighted by molar-refractivity contribution is -0.157. The molecule has 1 atom stereocenters. The van der Waals surface area contributed by atoms with Crippen molar-refractivity contribution in [3.05, 3.63) is 12.3 Å². The van der Waals surface area contributed by atoms with Crippen molar-refractivity contribution in [2.45, 2.75) is 91.1 Å². The van der Waals surface area contributed by atoms with Crippen LogP contribution in [-0.4, -0.2) is 30.1 Å². The highest BCUT2D eigenvalue weighted by molar-refractivity contribution is 5.94. The van der Waals surface area contributed by atoms with E-state index in [4.69, 9.17) is 9.47 Å². The predicted molar refractivity (Wildman–Crippen MR) is 108 cm³/mol. The largest absolute Gasteiger partial charge is 0.461 e. The molecule has 6 heteroatoms. The Hall–Kier alpha value is -1.85. The molecule has 1 fully saturated rings. The first-order valence-corrected chi connectivity index (χ1v) is 10.5. The smallest absolute Gasteiger partial charge is 0.354 e. The van der Waals surface area contributed by atoms with Crippen molar-refractivity contribution < 1.29 is 23.9 Å². The summed E-state index contributed by atoms with van der Waals surface area (Å²) in [7, 11) is 0. The van der Waals surface area contributed by atoms with Crippen LogP contribution in [0.4, 0.5) is 0 Å². The summed E-state index contributed by atoms with van der Waals surface area (Å²) in [5, 5.41) is 2.51. The average Bonchev–Trinajstić information content (AvgIpc) is 2.60. The molecule has 1 aliphatic carbocycles. The van der Waals surface area contributed by atoms with E-state index in [1.165, 1.54) is 32.1 Å². The highest BCUT2D eigenvalue weighted by Crippen LogP contribution is 2.29. The Kier molecular flexibility index (Phi) is 10.3. The van der Waals surface area contributed by atoms with Gasteiger partial charge in [0.25, 0.3) is 0 Å². The monoisotopic (exact) mass is 395 g/mol. The molecule has 0 aromatic carbocycles. The lowest BCUT2D eigenvalue weighted by atomic mass is 9.84. The van der Waals surface area contributed by atoms with Gasteiger partial charge in [0.15, 0.2) is 0 Å². The molecule has 28 heavy (non-hydrogen) atoms. The molecule has 160 valence electrons. The third-order valence-corrected chi connectivity index (χ3v) is 4.89. The Morgan fingerprint density at radius 2 is 1.79 bits per heavy atom. The molecule has 0 radical (unpaired) electrons. The molecule has 1 N–H and O–H groups in total. The maximum Gasteiger partial charge on any atom is 0.354 e. The van der Waals surface area contributed by atoms with E-state index in [1.807, 2.05) is 0 Å². The van der Waals surface area contributed by atoms with Gasteiger partial charge in [-0.25, -0.2) is 4.79 Å². The normalized spacial score (nSPS) is 16.1. The second kappa shape index (κ2) is 11.9. The summed E-state index contributed by atoms with van der Waals surface area (Å²) in [5.41, 5.74) is -0.706. The summed E-state index contributed by atoms with van der Waals surface area (Å²) in [5.74, 6) is -1.29. The number of nitrogens with one attached hydrogen (secondary N) is 1. The quantitative estimate of drug-likeness (QED) is 0.441. The van der Waals surface area contributed by atoms with Crippen molar-refractivity contribution in [1.82, 2.24) is 5.32 Å². The van der Waals surface area contributed by atoms with Gasteiger partial charge >= 0.3 is 11.9 Å². The van der Waals surface area contributed by atoms with E-state index in [9.17, 15) is 14.4 Å². The van der Waals surface area contributed by atoms with Crippen molar-refractivity contribution in [3.8, 4) is 0 Å². The highest BCUT2D eigenvalue weighted by Gasteiger charge is 2.27. The molecule has 0 aromatic heterocycles. The number of amides is 1. The van der Waals surface area contributed by atoms with Gasteiger partial charge in [-0.1, -0.05) is 51.5 Å². The first-order valence-electron chi connectivity index (χ1n) is 10.5. The van der Waals surface area contributed by atoms with Crippen LogP contribution in [0.1, 0.15) is 85.5 Å². The van der Waals surface area contributed by atoms with Gasteiger partial charge in [0.1, 0.15) is 11.3 Å². The van der Waals surface area contributed by atoms with Crippen LogP contribution < -0.4 is 5.32 Å². The Labute approximate surface area is 169 Å². The number of hydrogen-bond acceptors (Lipinski definition) is 5. The fraction of sp³-hybridized carbons (Fsp3) is 0.773. The summed E-state index contributed by atoms with van der Waals surface area (Å²) in [6.07, 6.45) is 8.90. The molecule has 0 unspecified atom stereocenters. The van der Waals surface area contributed by atoms with Gasteiger partial charge in [-0.3, -0.25) is 9.59 Å². The maximum atomic E-state index is 12.7. The number of carbonyl (C=O) groups excluding carboxylic acids is 3. The van der Waals surface area contributed by atoms with Crippen molar-refractivity contribution in [3.63, 3.8) is 0 Å². The van der Waals surface area contributed by atoms with Crippen LogP contribution >= 0.6 is 0 Å². The summed E-state index contributed by atoms with van der Waals surface area (Å²) in [6.45, 7) is 10.8. The van der Waals surface area contributed by atoms with Crippen LogP contribution in [0.5, 0.6) is 0 Å². The Morgan fingerprint density at radius 1 is 1.14 bits per heavy atom. The molecule has 0 heterocycles. The van der Waals surface area contributed by atoms with Crippen LogP contribution in [-0.2, 0) is 23.9 Å². The third-order valence-electron chi connectivity index (χ3n) is 4.89. The summed E-state index contributed by atoms with van der Waals surface area (Å²) in [6, 6.07) is 0. The minimum Gasteiger partial charge on any atom is -0.461 e. The minimum atomic E-state index is -0.658. The topological polar surface area (TPSA) is 81.7 Å². The average molecular weight is 396 g/mol. The number of hydrogen-bond donors (Lipinski definition) is 1. The zero-order chi connectivity index (χ0) is 21.2. The van der Waals surface area contributed by atoms with E-state index < -0.39 is 23.5 Å². The number of carbonyl (C=O) groups is 3. The summed E-state index contributed by atoms with van der Waals surface area (Å²) < 4.78 is 10.2. The van der Waals surface area contributed by atoms with E-state index >= 15 is 0 Å². The van der Waals surface area contributed by atoms with Gasteiger partial charge in [-0.05, 0) is 40.0 Å². The van der Waals surface area contributed by atoms with Crippen LogP contribution in [0.15, 0.2) is 12.3 Å². The van der Waals surface area contributed by atoms with Crippen LogP contribution in [0.2, 0.25) is 0 Å². The van der Waals surface area contributed by atoms with Crippen LogP contribution in [0.25, 0.3) is 0 Å². The summed E-state index contributed by atoms with van der Waals surface area (Å²) >= 11 is 0. The lowest BCUT2D eigenvalue weighted by Crippen LogP contribution is -2.35. The van der Waals surface area contributed by atoms with Gasteiger partial charge in [0, 0.05) is 5.92 Å². The van der Waals surface area contributed by atoms with E-state index in [2.05, 4.69) is 11.9 Å². The Balaban J connectivity index is 2.64. The first-order chi connectivity index (χ1) is 13.1.